The Labute approximate surface area is 148 Å². The fourth-order valence-electron chi connectivity index (χ4n) is 0.422. The Morgan fingerprint density at radius 1 is 0.435 bits per heavy atom. The van der Waals surface area contributed by atoms with Crippen molar-refractivity contribution in [1.82, 2.24) is 0 Å². The van der Waals surface area contributed by atoms with Gasteiger partial charge in [-0.05, 0) is 0 Å². The summed E-state index contributed by atoms with van der Waals surface area (Å²) < 4.78 is 58.6. The van der Waals surface area contributed by atoms with E-state index in [0.717, 1.165) is 0 Å². The van der Waals surface area contributed by atoms with E-state index >= 15 is 0 Å². The normalized spacial score (nSPS) is 13.6. The zero-order chi connectivity index (χ0) is 18.6. The van der Waals surface area contributed by atoms with Crippen LogP contribution in [0.2, 0.25) is 0 Å². The molecule has 9 N–H and O–H groups in total. The third-order valence-corrected chi connectivity index (χ3v) is 5.69. The van der Waals surface area contributed by atoms with Crippen molar-refractivity contribution in [2.45, 2.75) is 0 Å². The number of hydrogen-bond acceptors (Lipinski definition) is 8. The summed E-state index contributed by atoms with van der Waals surface area (Å²) in [5.74, 6) is 0. The van der Waals surface area contributed by atoms with Crippen molar-refractivity contribution < 1.29 is 79.8 Å². The van der Waals surface area contributed by atoms with E-state index in [-0.39, 0.29) is 29.6 Å². The Hall–Kier alpha value is 1.67. The molecule has 0 amide bonds. The monoisotopic (exact) mass is 460 g/mol. The molecule has 0 rings (SSSR count). The Morgan fingerprint density at radius 3 is 0.696 bits per heavy atom. The van der Waals surface area contributed by atoms with E-state index in [1.165, 1.54) is 0 Å². The minimum atomic E-state index is -5.46. The van der Waals surface area contributed by atoms with Crippen LogP contribution < -0.4 is 0 Å². The van der Waals surface area contributed by atoms with Gasteiger partial charge in [-0.3, -0.25) is 0 Å². The first-order valence-electron chi connectivity index (χ1n) is 3.81. The molecule has 0 aromatic rings. The quantitative estimate of drug-likeness (QED) is 0.151. The molecular formula is H10NaO17P5. The van der Waals surface area contributed by atoms with Crippen molar-refractivity contribution in [1.29, 1.82) is 0 Å². The van der Waals surface area contributed by atoms with Crippen LogP contribution in [0, 0.1) is 0 Å². The summed E-state index contributed by atoms with van der Waals surface area (Å²) in [5, 5.41) is 0. The average molecular weight is 460 g/mol. The summed E-state index contributed by atoms with van der Waals surface area (Å²) in [7, 11) is -26.3. The van der Waals surface area contributed by atoms with Crippen molar-refractivity contribution in [3.8, 4) is 0 Å². The van der Waals surface area contributed by atoms with Gasteiger partial charge in [-0.25, -0.2) is 22.8 Å². The Bertz CT molecular complexity index is 528. The zero-order valence-corrected chi connectivity index (χ0v) is 14.0. The summed E-state index contributed by atoms with van der Waals surface area (Å²) in [6.07, 6.45) is 0. The molecule has 0 radical (unpaired) electrons. The van der Waals surface area contributed by atoms with E-state index in [0.29, 0.717) is 0 Å². The summed E-state index contributed by atoms with van der Waals surface area (Å²) >= 11 is 0. The number of rotatable bonds is 6. The Balaban J connectivity index is -0.000000354. The summed E-state index contributed by atoms with van der Waals surface area (Å²) in [6, 6.07) is 0. The van der Waals surface area contributed by atoms with Gasteiger partial charge in [0.25, 0.3) is 0 Å². The number of hydrogen-bond donors (Lipinski definition) is 9. The van der Waals surface area contributed by atoms with Crippen LogP contribution in [0.1, 0.15) is 0 Å². The fraction of sp³-hybridized carbons (Fsp3) is 0. The molecule has 0 fully saturated rings. The molecule has 0 saturated carbocycles. The van der Waals surface area contributed by atoms with Gasteiger partial charge in [0.2, 0.25) is 0 Å². The molecule has 0 aliphatic heterocycles. The van der Waals surface area contributed by atoms with Gasteiger partial charge < -0.3 is 44.0 Å². The average Bonchev–Trinajstić information content (AvgIpc) is 1.82. The third kappa shape index (κ3) is 28.7. The molecule has 17 nitrogen and oxygen atoms in total. The first-order valence-corrected chi connectivity index (χ1v) is 11.4. The van der Waals surface area contributed by atoms with Crippen molar-refractivity contribution >= 4 is 68.7 Å². The second-order valence-electron chi connectivity index (χ2n) is 2.68. The van der Waals surface area contributed by atoms with E-state index in [1.54, 1.807) is 0 Å². The van der Waals surface area contributed by atoms with Gasteiger partial charge in [-0.15, -0.1) is 0 Å². The molecule has 138 valence electrons. The second kappa shape index (κ2) is 10.1. The first-order chi connectivity index (χ1) is 9.12. The molecule has 0 atom stereocenters. The van der Waals surface area contributed by atoms with Gasteiger partial charge in [0.15, 0.2) is 0 Å². The van der Waals surface area contributed by atoms with E-state index in [1.807, 2.05) is 0 Å². The molecule has 0 bridgehead atoms. The maximum atomic E-state index is 10.4. The van der Waals surface area contributed by atoms with Crippen molar-refractivity contribution in [3.63, 3.8) is 0 Å². The number of phosphoric acid groups is 5. The van der Waals surface area contributed by atoms with Crippen LogP contribution in [-0.4, -0.2) is 73.6 Å². The van der Waals surface area contributed by atoms with Crippen LogP contribution in [0.15, 0.2) is 0 Å². The van der Waals surface area contributed by atoms with Crippen LogP contribution in [0.25, 0.3) is 0 Å². The van der Waals surface area contributed by atoms with Crippen LogP contribution in [0.4, 0.5) is 0 Å². The second-order valence-corrected chi connectivity index (χ2v) is 9.50. The third-order valence-electron chi connectivity index (χ3n) is 0.632. The topological polar surface area (TPSA) is 295 Å². The molecular weight excluding hydrogens is 450 g/mol. The SMILES string of the molecule is O=P(O)(O)OP(=O)(O)O.O=P(O)(O)OP(=O)(O)OP(=O)(O)O.[NaH]. The molecule has 0 heterocycles. The molecule has 0 spiro atoms. The molecule has 0 unspecified atom stereocenters. The summed E-state index contributed by atoms with van der Waals surface area (Å²) in [5.41, 5.74) is 0. The van der Waals surface area contributed by atoms with E-state index < -0.39 is 39.1 Å². The van der Waals surface area contributed by atoms with Crippen molar-refractivity contribution in [3.05, 3.63) is 0 Å². The molecule has 23 heteroatoms. The predicted octanol–water partition coefficient (Wildman–Crippen LogP) is -2.15. The molecule has 23 heavy (non-hydrogen) atoms. The fourth-order valence-corrected chi connectivity index (χ4v) is 4.07. The van der Waals surface area contributed by atoms with Crippen LogP contribution in [-0.2, 0) is 35.8 Å². The Kier molecular flexibility index (Phi) is 13.0. The molecule has 0 aliphatic rings. The van der Waals surface area contributed by atoms with Gasteiger partial charge in [0.1, 0.15) is 0 Å². The van der Waals surface area contributed by atoms with Gasteiger partial charge >= 0.3 is 68.7 Å². The van der Waals surface area contributed by atoms with Gasteiger partial charge in [-0.2, -0.15) is 12.9 Å². The van der Waals surface area contributed by atoms with Gasteiger partial charge in [0.05, 0.1) is 0 Å². The van der Waals surface area contributed by atoms with E-state index in [4.69, 9.17) is 44.0 Å². The molecule has 0 saturated heterocycles. The molecule has 0 aliphatic carbocycles. The molecule has 0 aromatic heterocycles. The maximum absolute atomic E-state index is 10.4. The van der Waals surface area contributed by atoms with Gasteiger partial charge in [-0.1, -0.05) is 0 Å². The standard InChI is InChI=1S/Na.H5O10P3.H4O7P2.H/c;1-11(2,3)9-13(7,8)10-12(4,5)6;1-8(2,3)7-9(4,5)6;/h;(H,7,8)(H2,1,2,3)(H2,4,5,6);(H2,1,2,3)(H2,4,5,6);. The molecule has 0 aromatic carbocycles. The summed E-state index contributed by atoms with van der Waals surface area (Å²) in [6.45, 7) is 0. The van der Waals surface area contributed by atoms with Crippen LogP contribution in [0.3, 0.4) is 0 Å². The van der Waals surface area contributed by atoms with Crippen LogP contribution in [0.5, 0.6) is 0 Å². The van der Waals surface area contributed by atoms with Gasteiger partial charge in [0, 0.05) is 0 Å². The zero-order valence-electron chi connectivity index (χ0n) is 9.53. The first kappa shape index (κ1) is 29.4. The Morgan fingerprint density at radius 2 is 0.609 bits per heavy atom. The summed E-state index contributed by atoms with van der Waals surface area (Å²) in [4.78, 5) is 71.2. The minimum absolute atomic E-state index is 0. The van der Waals surface area contributed by atoms with E-state index in [9.17, 15) is 22.8 Å². The van der Waals surface area contributed by atoms with Crippen LogP contribution >= 0.6 is 39.1 Å². The predicted molar refractivity (Wildman–Crippen MR) is 68.4 cm³/mol. The van der Waals surface area contributed by atoms with E-state index in [2.05, 4.69) is 12.9 Å². The van der Waals surface area contributed by atoms with Crippen molar-refractivity contribution in [2.24, 2.45) is 0 Å². The van der Waals surface area contributed by atoms with Crippen molar-refractivity contribution in [2.75, 3.05) is 0 Å².